The summed E-state index contributed by atoms with van der Waals surface area (Å²) < 4.78 is 0. The second-order valence-corrected chi connectivity index (χ2v) is 1.89. The normalized spacial score (nSPS) is 11.4. The van der Waals surface area contributed by atoms with Gasteiger partial charge in [-0.1, -0.05) is 13.8 Å². The van der Waals surface area contributed by atoms with Crippen molar-refractivity contribution in [2.24, 2.45) is 11.2 Å². The van der Waals surface area contributed by atoms with Gasteiger partial charge in [0.25, 0.3) is 0 Å². The highest BCUT2D eigenvalue weighted by Crippen LogP contribution is 2.02. The van der Waals surface area contributed by atoms with Crippen molar-refractivity contribution >= 4 is 5.97 Å². The molecule has 0 saturated heterocycles. The Hall–Kier alpha value is -1.22. The van der Waals surface area contributed by atoms with Crippen LogP contribution in [0.5, 0.6) is 0 Å². The van der Waals surface area contributed by atoms with Crippen molar-refractivity contribution in [1.82, 2.24) is 0 Å². The molecule has 0 aliphatic heterocycles. The van der Waals surface area contributed by atoms with E-state index in [1.807, 2.05) is 6.92 Å². The summed E-state index contributed by atoms with van der Waals surface area (Å²) in [7, 11) is 0. The summed E-state index contributed by atoms with van der Waals surface area (Å²) in [5.74, 6) is -0.689. The summed E-state index contributed by atoms with van der Waals surface area (Å²) in [6, 6.07) is 0. The van der Waals surface area contributed by atoms with Gasteiger partial charge in [-0.25, -0.2) is 0 Å². The van der Waals surface area contributed by atoms with Crippen LogP contribution in [0.15, 0.2) is 5.28 Å². The number of carbonyl (C=O) groups excluding carboxylic acids is 1. The van der Waals surface area contributed by atoms with Gasteiger partial charge in [0.15, 0.2) is 0 Å². The minimum atomic E-state index is -0.486. The van der Waals surface area contributed by atoms with E-state index in [1.165, 1.54) is 0 Å². The molecule has 56 valence electrons. The Balaban J connectivity index is 3.72. The van der Waals surface area contributed by atoms with Crippen LogP contribution >= 0.6 is 0 Å². The zero-order valence-corrected chi connectivity index (χ0v) is 5.94. The van der Waals surface area contributed by atoms with E-state index in [2.05, 4.69) is 15.0 Å². The van der Waals surface area contributed by atoms with E-state index in [9.17, 15) is 4.79 Å². The quantitative estimate of drug-likeness (QED) is 0.261. The summed E-state index contributed by atoms with van der Waals surface area (Å²) in [4.78, 5) is 17.0. The first-order valence-corrected chi connectivity index (χ1v) is 2.97. The number of carbonyl (C=O) groups is 1. The highest BCUT2D eigenvalue weighted by molar-refractivity contribution is 5.71. The lowest BCUT2D eigenvalue weighted by molar-refractivity contribution is -0.148. The summed E-state index contributed by atoms with van der Waals surface area (Å²) in [5, 5.41) is 2.67. The molecule has 0 saturated carbocycles. The van der Waals surface area contributed by atoms with Crippen LogP contribution in [0.1, 0.15) is 20.3 Å². The first-order valence-electron chi connectivity index (χ1n) is 2.97. The number of hydrogen-bond donors (Lipinski definition) is 0. The average molecular weight is 143 g/mol. The van der Waals surface area contributed by atoms with Gasteiger partial charge in [-0.2, -0.15) is 0 Å². The number of hydrogen-bond acceptors (Lipinski definition) is 3. The van der Waals surface area contributed by atoms with E-state index < -0.39 is 5.97 Å². The monoisotopic (exact) mass is 143 g/mol. The molecule has 0 aromatic rings. The smallest absolute Gasteiger partial charge is 0.320 e. The van der Waals surface area contributed by atoms with Crippen LogP contribution in [-0.4, -0.2) is 5.97 Å². The highest BCUT2D eigenvalue weighted by Gasteiger charge is 2.10. The molecular weight excluding hydrogens is 134 g/mol. The van der Waals surface area contributed by atoms with Crippen LogP contribution < -0.4 is 0 Å². The van der Waals surface area contributed by atoms with Crippen molar-refractivity contribution in [2.75, 3.05) is 0 Å². The molecule has 5 heteroatoms. The Labute approximate surface area is 58.6 Å². The fourth-order valence-electron chi connectivity index (χ4n) is 0.315. The molecule has 0 aliphatic carbocycles. The number of nitrogens with zero attached hydrogens (tertiary/aromatic N) is 3. The van der Waals surface area contributed by atoms with Gasteiger partial charge in [-0.15, -0.1) is 0 Å². The fraction of sp³-hybridized carbons (Fsp3) is 0.800. The lowest BCUT2D eigenvalue weighted by atomic mass is 10.1. The van der Waals surface area contributed by atoms with Gasteiger partial charge >= 0.3 is 5.97 Å². The van der Waals surface area contributed by atoms with Crippen molar-refractivity contribution in [3.8, 4) is 0 Å². The highest BCUT2D eigenvalue weighted by atomic mass is 16.7. The van der Waals surface area contributed by atoms with E-state index in [0.717, 1.165) is 0 Å². The van der Waals surface area contributed by atoms with Gasteiger partial charge in [-0.3, -0.25) is 4.79 Å². The van der Waals surface area contributed by atoms with E-state index in [1.54, 1.807) is 6.92 Å². The second-order valence-electron chi connectivity index (χ2n) is 1.89. The Morgan fingerprint density at radius 3 is 2.90 bits per heavy atom. The molecule has 1 unspecified atom stereocenters. The van der Waals surface area contributed by atoms with E-state index in [4.69, 9.17) is 5.53 Å². The number of rotatable bonds is 3. The third-order valence-corrected chi connectivity index (χ3v) is 1.18. The molecule has 0 heterocycles. The van der Waals surface area contributed by atoms with Gasteiger partial charge < -0.3 is 4.84 Å². The Morgan fingerprint density at radius 2 is 2.50 bits per heavy atom. The zero-order valence-electron chi connectivity index (χ0n) is 5.94. The first-order chi connectivity index (χ1) is 4.72. The number of azide groups is 1. The lowest BCUT2D eigenvalue weighted by Crippen LogP contribution is -2.10. The largest absolute Gasteiger partial charge is 0.359 e. The van der Waals surface area contributed by atoms with Crippen LogP contribution in [-0.2, 0) is 9.63 Å². The van der Waals surface area contributed by atoms with Crippen LogP contribution in [0.25, 0.3) is 10.4 Å². The van der Waals surface area contributed by atoms with Gasteiger partial charge in [0.2, 0.25) is 0 Å². The summed E-state index contributed by atoms with van der Waals surface area (Å²) >= 11 is 0. The maximum absolute atomic E-state index is 10.6. The van der Waals surface area contributed by atoms with Crippen LogP contribution in [0.4, 0.5) is 0 Å². The molecule has 0 bridgehead atoms. The third-order valence-electron chi connectivity index (χ3n) is 1.18. The van der Waals surface area contributed by atoms with Crippen molar-refractivity contribution in [3.63, 3.8) is 0 Å². The van der Waals surface area contributed by atoms with Gasteiger partial charge in [-0.05, 0) is 12.0 Å². The molecule has 0 rings (SSSR count). The minimum Gasteiger partial charge on any atom is -0.359 e. The van der Waals surface area contributed by atoms with Crippen molar-refractivity contribution in [3.05, 3.63) is 10.4 Å². The summed E-state index contributed by atoms with van der Waals surface area (Å²) in [5.41, 5.74) is 7.75. The molecule has 5 nitrogen and oxygen atoms in total. The van der Waals surface area contributed by atoms with E-state index in [-0.39, 0.29) is 5.92 Å². The van der Waals surface area contributed by atoms with E-state index in [0.29, 0.717) is 6.42 Å². The molecule has 0 aliphatic rings. The maximum Gasteiger partial charge on any atom is 0.320 e. The fourth-order valence-corrected chi connectivity index (χ4v) is 0.315. The summed E-state index contributed by atoms with van der Waals surface area (Å²) in [6.45, 7) is 3.55. The standard InChI is InChI=1S/C5H9N3O2/c1-3-4(2)5(9)10-8-7-6/h4H,3H2,1-2H3. The molecule has 0 fully saturated rings. The second kappa shape index (κ2) is 4.64. The van der Waals surface area contributed by atoms with Crippen molar-refractivity contribution < 1.29 is 9.63 Å². The molecule has 10 heavy (non-hydrogen) atoms. The van der Waals surface area contributed by atoms with Gasteiger partial charge in [0.05, 0.1) is 5.92 Å². The van der Waals surface area contributed by atoms with Crippen molar-refractivity contribution in [2.45, 2.75) is 20.3 Å². The maximum atomic E-state index is 10.6. The molecule has 0 amide bonds. The Bertz CT molecular complexity index is 162. The predicted octanol–water partition coefficient (Wildman–Crippen LogP) is 1.80. The Morgan fingerprint density at radius 1 is 1.90 bits per heavy atom. The third kappa shape index (κ3) is 2.94. The van der Waals surface area contributed by atoms with Crippen LogP contribution in [0.2, 0.25) is 0 Å². The predicted molar refractivity (Wildman–Crippen MR) is 34.7 cm³/mol. The van der Waals surface area contributed by atoms with Crippen LogP contribution in [0, 0.1) is 5.92 Å². The molecular formula is C5H9N3O2. The van der Waals surface area contributed by atoms with E-state index >= 15 is 0 Å². The molecule has 0 aromatic carbocycles. The Kier molecular flexibility index (Phi) is 4.07. The average Bonchev–Trinajstić information content (AvgIpc) is 1.98. The molecule has 1 atom stereocenters. The van der Waals surface area contributed by atoms with Gasteiger partial charge in [0, 0.05) is 4.91 Å². The lowest BCUT2D eigenvalue weighted by Gasteiger charge is -2.01. The van der Waals surface area contributed by atoms with Crippen LogP contribution in [0.3, 0.4) is 0 Å². The van der Waals surface area contributed by atoms with Crippen molar-refractivity contribution in [1.29, 1.82) is 0 Å². The summed E-state index contributed by atoms with van der Waals surface area (Å²) in [6.07, 6.45) is 0.680. The van der Waals surface area contributed by atoms with Gasteiger partial charge in [0.1, 0.15) is 5.28 Å². The minimum absolute atomic E-state index is 0.203. The first kappa shape index (κ1) is 8.78. The molecule has 0 aromatic heterocycles. The zero-order chi connectivity index (χ0) is 7.98. The molecule has 0 radical (unpaired) electrons. The molecule has 0 N–H and O–H groups in total. The molecule has 0 spiro atoms. The SMILES string of the molecule is CCC(C)C(=O)ON=[N+]=[N-]. The topological polar surface area (TPSA) is 75.1 Å².